The van der Waals surface area contributed by atoms with Gasteiger partial charge in [-0.3, -0.25) is 4.90 Å². The molecule has 1 aliphatic rings. The quantitative estimate of drug-likeness (QED) is 0.690. The molecule has 0 saturated carbocycles. The molecule has 0 aliphatic carbocycles. The van der Waals surface area contributed by atoms with Crippen LogP contribution in [0, 0.1) is 5.82 Å². The molecule has 1 amide bonds. The smallest absolute Gasteiger partial charge is 0.291 e. The number of carbonyl (C=O) groups excluding carboxylic acids is 1. The van der Waals surface area contributed by atoms with Gasteiger partial charge in [0.05, 0.1) is 18.1 Å². The van der Waals surface area contributed by atoms with Crippen LogP contribution in [0.2, 0.25) is 0 Å². The van der Waals surface area contributed by atoms with E-state index >= 15 is 0 Å². The van der Waals surface area contributed by atoms with E-state index in [2.05, 4.69) is 10.2 Å². The minimum absolute atomic E-state index is 0.350. The number of aromatic nitrogens is 3. The van der Waals surface area contributed by atoms with Gasteiger partial charge in [-0.1, -0.05) is 10.9 Å². The molecule has 3 rings (SSSR count). The number of nitrogens with zero attached hydrogens (tertiary/aromatic N) is 4. The molecule has 0 radical (unpaired) electrons. The summed E-state index contributed by atoms with van der Waals surface area (Å²) in [6.45, 7) is 0.527. The van der Waals surface area contributed by atoms with E-state index in [0.29, 0.717) is 12.2 Å². The van der Waals surface area contributed by atoms with Crippen LogP contribution in [-0.2, 0) is 6.42 Å². The van der Waals surface area contributed by atoms with Crippen molar-refractivity contribution in [1.82, 2.24) is 15.0 Å². The molecule has 86 valence electrons. The zero-order valence-corrected chi connectivity index (χ0v) is 8.88. The first-order valence-electron chi connectivity index (χ1n) is 5.22. The molecular weight excluding hydrogens is 223 g/mol. The van der Waals surface area contributed by atoms with Gasteiger partial charge >= 0.3 is 6.03 Å². The first-order valence-corrected chi connectivity index (χ1v) is 5.22. The lowest BCUT2D eigenvalue weighted by molar-refractivity contribution is 0.242. The highest BCUT2D eigenvalue weighted by Crippen LogP contribution is 2.28. The van der Waals surface area contributed by atoms with Crippen molar-refractivity contribution in [2.24, 2.45) is 0 Å². The maximum atomic E-state index is 13.2. The predicted molar refractivity (Wildman–Crippen MR) is 58.3 cm³/mol. The van der Waals surface area contributed by atoms with Gasteiger partial charge in [0.25, 0.3) is 0 Å². The second-order valence-electron chi connectivity index (χ2n) is 3.78. The van der Waals surface area contributed by atoms with Crippen LogP contribution in [0.3, 0.4) is 0 Å². The summed E-state index contributed by atoms with van der Waals surface area (Å²) in [6.07, 6.45) is 3.59. The topological polar surface area (TPSA) is 51.0 Å². The number of amides is 1. The van der Waals surface area contributed by atoms with Crippen LogP contribution in [0.4, 0.5) is 14.9 Å². The lowest BCUT2D eigenvalue weighted by Crippen LogP contribution is -2.34. The normalized spacial score (nSPS) is 13.8. The van der Waals surface area contributed by atoms with E-state index in [0.717, 1.165) is 16.8 Å². The van der Waals surface area contributed by atoms with Gasteiger partial charge in [0.2, 0.25) is 0 Å². The number of rotatable bonds is 0. The summed E-state index contributed by atoms with van der Waals surface area (Å²) < 4.78 is 13.2. The van der Waals surface area contributed by atoms with Crippen LogP contribution in [-0.4, -0.2) is 27.6 Å². The summed E-state index contributed by atoms with van der Waals surface area (Å²) in [5.74, 6) is -0.350. The van der Waals surface area contributed by atoms with E-state index in [-0.39, 0.29) is 11.8 Å². The zero-order valence-electron chi connectivity index (χ0n) is 8.88. The summed E-state index contributed by atoms with van der Waals surface area (Å²) >= 11 is 0. The number of hydrogen-bond donors (Lipinski definition) is 0. The van der Waals surface area contributed by atoms with Crippen molar-refractivity contribution in [3.05, 3.63) is 42.0 Å². The van der Waals surface area contributed by atoms with Gasteiger partial charge in [-0.15, -0.1) is 0 Å². The molecule has 0 bridgehead atoms. The number of anilines is 1. The van der Waals surface area contributed by atoms with Gasteiger partial charge in [0.1, 0.15) is 5.82 Å². The monoisotopic (exact) mass is 232 g/mol. The van der Waals surface area contributed by atoms with Gasteiger partial charge in [0.15, 0.2) is 0 Å². The molecule has 0 unspecified atom stereocenters. The fourth-order valence-electron chi connectivity index (χ4n) is 1.97. The third-order valence-corrected chi connectivity index (χ3v) is 2.76. The Labute approximate surface area is 96.5 Å². The van der Waals surface area contributed by atoms with Gasteiger partial charge in [-0.2, -0.15) is 10.2 Å². The Morgan fingerprint density at radius 2 is 2.06 bits per heavy atom. The molecule has 1 aliphatic heterocycles. The Morgan fingerprint density at radius 3 is 2.82 bits per heavy atom. The third-order valence-electron chi connectivity index (χ3n) is 2.76. The first kappa shape index (κ1) is 9.95. The molecule has 0 N–H and O–H groups in total. The molecule has 0 fully saturated rings. The number of benzene rings is 1. The second kappa shape index (κ2) is 3.65. The fraction of sp³-hybridized carbons (Fsp3) is 0.182. The van der Waals surface area contributed by atoms with Crippen molar-refractivity contribution in [3.8, 4) is 0 Å². The number of hydrogen-bond acceptors (Lipinski definition) is 3. The van der Waals surface area contributed by atoms with Crippen LogP contribution >= 0.6 is 0 Å². The molecule has 2 heterocycles. The number of halogens is 1. The van der Waals surface area contributed by atoms with Crippen LogP contribution in [0.15, 0.2) is 30.6 Å². The molecule has 0 saturated heterocycles. The molecule has 5 nitrogen and oxygen atoms in total. The Morgan fingerprint density at radius 1 is 1.29 bits per heavy atom. The summed E-state index contributed by atoms with van der Waals surface area (Å²) in [7, 11) is 0. The molecule has 17 heavy (non-hydrogen) atoms. The average Bonchev–Trinajstić information content (AvgIpc) is 2.97. The molecule has 1 aromatic carbocycles. The number of carbonyl (C=O) groups is 1. The van der Waals surface area contributed by atoms with Crippen molar-refractivity contribution >= 4 is 11.7 Å². The molecule has 0 atom stereocenters. The Hall–Kier alpha value is -2.24. The van der Waals surface area contributed by atoms with Crippen molar-refractivity contribution < 1.29 is 9.18 Å². The zero-order chi connectivity index (χ0) is 11.8. The molecule has 2 aromatic rings. The highest BCUT2D eigenvalue weighted by Gasteiger charge is 2.26. The SMILES string of the molecule is O=C(N1CCc2ccc(F)cc21)n1nccn1. The third kappa shape index (κ3) is 1.57. The van der Waals surface area contributed by atoms with Crippen LogP contribution < -0.4 is 4.90 Å². The maximum Gasteiger partial charge on any atom is 0.366 e. The highest BCUT2D eigenvalue weighted by molar-refractivity contribution is 5.94. The summed E-state index contributed by atoms with van der Waals surface area (Å²) in [6, 6.07) is 4.11. The van der Waals surface area contributed by atoms with Gasteiger partial charge in [-0.05, 0) is 24.1 Å². The molecule has 1 aromatic heterocycles. The first-order chi connectivity index (χ1) is 8.25. The minimum Gasteiger partial charge on any atom is -0.291 e. The Bertz CT molecular complexity index is 567. The van der Waals surface area contributed by atoms with Gasteiger partial charge in [0, 0.05) is 6.54 Å². The standard InChI is InChI=1S/C11H9FN4O/c12-9-2-1-8-3-6-15(10(8)7-9)11(17)16-13-4-5-14-16/h1-2,4-5,7H,3,6H2. The lowest BCUT2D eigenvalue weighted by atomic mass is 10.2. The summed E-state index contributed by atoms with van der Waals surface area (Å²) in [5.41, 5.74) is 1.57. The van der Waals surface area contributed by atoms with Crippen molar-refractivity contribution in [2.45, 2.75) is 6.42 Å². The Balaban J connectivity index is 1.98. The van der Waals surface area contributed by atoms with E-state index < -0.39 is 0 Å². The highest BCUT2D eigenvalue weighted by atomic mass is 19.1. The average molecular weight is 232 g/mol. The molecule has 0 spiro atoms. The largest absolute Gasteiger partial charge is 0.366 e. The van der Waals surface area contributed by atoms with Gasteiger partial charge in [-0.25, -0.2) is 9.18 Å². The molecular formula is C11H9FN4O. The van der Waals surface area contributed by atoms with Crippen LogP contribution in [0.5, 0.6) is 0 Å². The lowest BCUT2D eigenvalue weighted by Gasteiger charge is -2.15. The summed E-state index contributed by atoms with van der Waals surface area (Å²) in [5, 5.41) is 7.55. The number of fused-ring (bicyclic) bond motifs is 1. The van der Waals surface area contributed by atoms with Gasteiger partial charge < -0.3 is 0 Å². The molecule has 6 heteroatoms. The van der Waals surface area contributed by atoms with E-state index in [1.54, 1.807) is 6.07 Å². The summed E-state index contributed by atoms with van der Waals surface area (Å²) in [4.78, 5) is 14.5. The van der Waals surface area contributed by atoms with E-state index in [4.69, 9.17) is 0 Å². The van der Waals surface area contributed by atoms with E-state index in [1.165, 1.54) is 29.4 Å². The fourth-order valence-corrected chi connectivity index (χ4v) is 1.97. The van der Waals surface area contributed by atoms with Crippen LogP contribution in [0.1, 0.15) is 5.56 Å². The van der Waals surface area contributed by atoms with Crippen molar-refractivity contribution in [3.63, 3.8) is 0 Å². The maximum absolute atomic E-state index is 13.2. The van der Waals surface area contributed by atoms with Crippen molar-refractivity contribution in [2.75, 3.05) is 11.4 Å². The Kier molecular flexibility index (Phi) is 2.14. The van der Waals surface area contributed by atoms with Crippen LogP contribution in [0.25, 0.3) is 0 Å². The second-order valence-corrected chi connectivity index (χ2v) is 3.78. The predicted octanol–water partition coefficient (Wildman–Crippen LogP) is 1.45. The van der Waals surface area contributed by atoms with Crippen molar-refractivity contribution in [1.29, 1.82) is 0 Å². The van der Waals surface area contributed by atoms with E-state index in [1.807, 2.05) is 0 Å². The minimum atomic E-state index is -0.362. The van der Waals surface area contributed by atoms with E-state index in [9.17, 15) is 9.18 Å².